The third kappa shape index (κ3) is 7.22. The molecule has 3 aromatic rings. The van der Waals surface area contributed by atoms with E-state index >= 15 is 0 Å². The molecule has 218 valence electrons. The van der Waals surface area contributed by atoms with Crippen LogP contribution in [0.4, 0.5) is 5.95 Å². The van der Waals surface area contributed by atoms with Gasteiger partial charge in [0.1, 0.15) is 11.6 Å². The van der Waals surface area contributed by atoms with Gasteiger partial charge in [-0.2, -0.15) is 5.26 Å². The van der Waals surface area contributed by atoms with Crippen LogP contribution in [0.15, 0.2) is 46.6 Å². The van der Waals surface area contributed by atoms with Crippen molar-refractivity contribution in [2.75, 3.05) is 11.9 Å². The molecule has 41 heavy (non-hydrogen) atoms. The van der Waals surface area contributed by atoms with E-state index in [0.29, 0.717) is 31.6 Å². The number of anilines is 1. The van der Waals surface area contributed by atoms with Crippen LogP contribution < -0.4 is 10.6 Å². The van der Waals surface area contributed by atoms with Gasteiger partial charge < -0.3 is 19.3 Å². The molecule has 2 aromatic heterocycles. The minimum atomic E-state index is -0.459. The zero-order valence-electron chi connectivity index (χ0n) is 25.1. The second kappa shape index (κ2) is 11.9. The molecule has 0 bridgehead atoms. The van der Waals surface area contributed by atoms with Gasteiger partial charge in [0.05, 0.1) is 23.3 Å². The predicted octanol–water partition coefficient (Wildman–Crippen LogP) is 5.29. The molecule has 1 fully saturated rings. The standard InChI is InChI=1S/C31H41N7O3/c1-20(31(5,6)7)33-18-21-10-11-25-24(15-21)35-29(36-27(39)26-12-13-34-41-26)38(25)19-23-9-8-14-37(23)28(40)22(17-32)16-30(2,3)4/h10-13,15-16,20,23,33H,8-9,14,18-19H2,1-7H3,(H,35,36,39)/b22-16+/t20-,23+/m0/s1. The lowest BCUT2D eigenvalue weighted by Crippen LogP contribution is -2.39. The largest absolute Gasteiger partial charge is 0.351 e. The van der Waals surface area contributed by atoms with Crippen molar-refractivity contribution in [2.45, 2.75) is 86.5 Å². The quantitative estimate of drug-likeness (QED) is 0.283. The number of benzene rings is 1. The van der Waals surface area contributed by atoms with Gasteiger partial charge in [0.15, 0.2) is 0 Å². The normalized spacial score (nSPS) is 17.1. The summed E-state index contributed by atoms with van der Waals surface area (Å²) in [6, 6.07) is 9.83. The molecule has 2 atom stereocenters. The fraction of sp³-hybridized carbons (Fsp3) is 0.516. The third-order valence-electron chi connectivity index (χ3n) is 7.57. The Labute approximate surface area is 241 Å². The number of amides is 2. The summed E-state index contributed by atoms with van der Waals surface area (Å²) in [5, 5.41) is 19.8. The number of carbonyl (C=O) groups excluding carboxylic acids is 2. The highest BCUT2D eigenvalue weighted by molar-refractivity contribution is 6.02. The zero-order valence-corrected chi connectivity index (χ0v) is 25.1. The van der Waals surface area contributed by atoms with Crippen LogP contribution in [0.5, 0.6) is 0 Å². The van der Waals surface area contributed by atoms with Gasteiger partial charge in [0.2, 0.25) is 11.7 Å². The first-order chi connectivity index (χ1) is 19.3. The van der Waals surface area contributed by atoms with Crippen LogP contribution >= 0.6 is 0 Å². The average Bonchev–Trinajstić information content (AvgIpc) is 3.65. The van der Waals surface area contributed by atoms with E-state index in [9.17, 15) is 14.9 Å². The molecule has 0 spiro atoms. The minimum Gasteiger partial charge on any atom is -0.351 e. The van der Waals surface area contributed by atoms with E-state index in [1.807, 2.05) is 37.5 Å². The summed E-state index contributed by atoms with van der Waals surface area (Å²) in [5.74, 6) is -0.282. The number of aromatic nitrogens is 3. The van der Waals surface area contributed by atoms with Crippen molar-refractivity contribution in [3.63, 3.8) is 0 Å². The van der Waals surface area contributed by atoms with E-state index < -0.39 is 5.91 Å². The Kier molecular flexibility index (Phi) is 8.69. The van der Waals surface area contributed by atoms with E-state index in [2.05, 4.69) is 55.6 Å². The number of hydrogen-bond donors (Lipinski definition) is 2. The summed E-state index contributed by atoms with van der Waals surface area (Å²) in [7, 11) is 0. The second-order valence-electron chi connectivity index (χ2n) is 13.0. The number of hydrogen-bond acceptors (Lipinski definition) is 7. The van der Waals surface area contributed by atoms with Crippen LogP contribution in [0.1, 0.15) is 77.4 Å². The predicted molar refractivity (Wildman–Crippen MR) is 158 cm³/mol. The van der Waals surface area contributed by atoms with Crippen LogP contribution in [0.3, 0.4) is 0 Å². The van der Waals surface area contributed by atoms with Crippen LogP contribution in [-0.2, 0) is 17.9 Å². The second-order valence-corrected chi connectivity index (χ2v) is 13.0. The number of allylic oxidation sites excluding steroid dienone is 1. The summed E-state index contributed by atoms with van der Waals surface area (Å²) in [4.78, 5) is 32.9. The molecule has 0 aliphatic carbocycles. The number of likely N-dealkylation sites (tertiary alicyclic amines) is 1. The van der Waals surface area contributed by atoms with Gasteiger partial charge in [-0.05, 0) is 48.3 Å². The lowest BCUT2D eigenvalue weighted by molar-refractivity contribution is -0.127. The molecule has 1 aliphatic heterocycles. The van der Waals surface area contributed by atoms with Gasteiger partial charge in [-0.25, -0.2) is 4.98 Å². The van der Waals surface area contributed by atoms with Gasteiger partial charge in [-0.15, -0.1) is 0 Å². The molecule has 10 heteroatoms. The lowest BCUT2D eigenvalue weighted by Gasteiger charge is -2.28. The van der Waals surface area contributed by atoms with Gasteiger partial charge in [-0.3, -0.25) is 14.9 Å². The first-order valence-corrected chi connectivity index (χ1v) is 14.2. The molecule has 0 saturated carbocycles. The molecule has 1 aromatic carbocycles. The maximum absolute atomic E-state index is 13.4. The van der Waals surface area contributed by atoms with Gasteiger partial charge in [-0.1, -0.05) is 58.8 Å². The topological polar surface area (TPSA) is 129 Å². The smallest absolute Gasteiger partial charge is 0.296 e. The van der Waals surface area contributed by atoms with Crippen molar-refractivity contribution in [1.29, 1.82) is 5.26 Å². The SMILES string of the molecule is C[C@H](NCc1ccc2c(c1)nc(NC(=O)c1ccno1)n2C[C@H]1CCCN1C(=O)/C(C#N)=C/C(C)(C)C)C(C)(C)C. The highest BCUT2D eigenvalue weighted by Gasteiger charge is 2.33. The molecule has 1 saturated heterocycles. The molecular formula is C31H41N7O3. The monoisotopic (exact) mass is 559 g/mol. The lowest BCUT2D eigenvalue weighted by atomic mass is 9.88. The highest BCUT2D eigenvalue weighted by atomic mass is 16.5. The Bertz CT molecular complexity index is 1470. The van der Waals surface area contributed by atoms with Crippen molar-refractivity contribution < 1.29 is 14.1 Å². The Hall–Kier alpha value is -3.97. The number of imidazole rings is 1. The third-order valence-corrected chi connectivity index (χ3v) is 7.57. The fourth-order valence-corrected chi connectivity index (χ4v) is 4.87. The fourth-order valence-electron chi connectivity index (χ4n) is 4.87. The summed E-state index contributed by atoms with van der Waals surface area (Å²) >= 11 is 0. The Morgan fingerprint density at radius 1 is 1.22 bits per heavy atom. The average molecular weight is 560 g/mol. The van der Waals surface area contributed by atoms with Gasteiger partial charge in [0, 0.05) is 31.7 Å². The van der Waals surface area contributed by atoms with Gasteiger partial charge in [0.25, 0.3) is 11.8 Å². The van der Waals surface area contributed by atoms with Crippen LogP contribution in [0, 0.1) is 22.2 Å². The maximum atomic E-state index is 13.4. The minimum absolute atomic E-state index is 0.0771. The molecule has 3 heterocycles. The number of fused-ring (bicyclic) bond motifs is 1. The Balaban J connectivity index is 1.65. The van der Waals surface area contributed by atoms with Crippen molar-refractivity contribution in [3.05, 3.63) is 53.4 Å². The number of rotatable bonds is 8. The summed E-state index contributed by atoms with van der Waals surface area (Å²) in [6.45, 7) is 16.4. The van der Waals surface area contributed by atoms with Crippen LogP contribution in [0.2, 0.25) is 0 Å². The van der Waals surface area contributed by atoms with E-state index in [4.69, 9.17) is 9.51 Å². The van der Waals surface area contributed by atoms with E-state index in [1.54, 1.807) is 11.0 Å². The zero-order chi connectivity index (χ0) is 29.9. The van der Waals surface area contributed by atoms with Crippen LogP contribution in [-0.4, -0.2) is 50.1 Å². The van der Waals surface area contributed by atoms with Crippen LogP contribution in [0.25, 0.3) is 11.0 Å². The molecule has 1 aliphatic rings. The summed E-state index contributed by atoms with van der Waals surface area (Å²) in [5.41, 5.74) is 2.64. The molecule has 2 N–H and O–H groups in total. The van der Waals surface area contributed by atoms with E-state index in [-0.39, 0.29) is 34.1 Å². The number of nitriles is 1. The number of nitrogens with one attached hydrogen (secondary N) is 2. The first kappa shape index (κ1) is 30.0. The first-order valence-electron chi connectivity index (χ1n) is 14.2. The number of carbonyl (C=O) groups is 2. The summed E-state index contributed by atoms with van der Waals surface area (Å²) < 4.78 is 6.98. The molecule has 2 amide bonds. The molecule has 0 radical (unpaired) electrons. The Morgan fingerprint density at radius 2 is 1.98 bits per heavy atom. The van der Waals surface area contributed by atoms with Crippen molar-refractivity contribution in [2.24, 2.45) is 10.8 Å². The molecular weight excluding hydrogens is 518 g/mol. The van der Waals surface area contributed by atoms with Crippen molar-refractivity contribution >= 4 is 28.8 Å². The van der Waals surface area contributed by atoms with E-state index in [1.165, 1.54) is 12.3 Å². The molecule has 0 unspecified atom stereocenters. The summed E-state index contributed by atoms with van der Waals surface area (Å²) in [6.07, 6.45) is 4.76. The highest BCUT2D eigenvalue weighted by Crippen LogP contribution is 2.28. The Morgan fingerprint density at radius 3 is 2.61 bits per heavy atom. The van der Waals surface area contributed by atoms with Crippen molar-refractivity contribution in [1.82, 2.24) is 24.9 Å². The molecule has 10 nitrogen and oxygen atoms in total. The van der Waals surface area contributed by atoms with E-state index in [0.717, 1.165) is 29.4 Å². The van der Waals surface area contributed by atoms with Gasteiger partial charge >= 0.3 is 0 Å². The maximum Gasteiger partial charge on any atom is 0.296 e. The number of nitrogens with zero attached hydrogens (tertiary/aromatic N) is 5. The molecule has 4 rings (SSSR count). The van der Waals surface area contributed by atoms with Crippen molar-refractivity contribution in [3.8, 4) is 6.07 Å².